The molecule has 0 saturated carbocycles. The number of nitrogens with zero attached hydrogens (tertiary/aromatic N) is 2. The molecular weight excluding hydrogens is 326 g/mol. The molecule has 1 aliphatic rings. The lowest BCUT2D eigenvalue weighted by atomic mass is 10.0. The number of amides is 1. The number of carbonyl (C=O) groups is 1. The zero-order valence-corrected chi connectivity index (χ0v) is 15.1. The summed E-state index contributed by atoms with van der Waals surface area (Å²) >= 11 is 0. The van der Waals surface area contributed by atoms with Gasteiger partial charge in [-0.1, -0.05) is 48.5 Å². The fraction of sp³-hybridized carbons (Fsp3) is 0.333. The van der Waals surface area contributed by atoms with Gasteiger partial charge in [0.25, 0.3) is 5.91 Å². The first kappa shape index (κ1) is 18.1. The maximum Gasteiger partial charge on any atom is 0.267 e. The van der Waals surface area contributed by atoms with E-state index in [2.05, 4.69) is 22.6 Å². The van der Waals surface area contributed by atoms with Crippen molar-refractivity contribution >= 4 is 17.3 Å². The van der Waals surface area contributed by atoms with Gasteiger partial charge in [0.1, 0.15) is 5.71 Å². The van der Waals surface area contributed by atoms with Crippen molar-refractivity contribution in [2.75, 3.05) is 25.3 Å². The topological polar surface area (TPSA) is 53.9 Å². The van der Waals surface area contributed by atoms with E-state index in [0.717, 1.165) is 24.1 Å². The van der Waals surface area contributed by atoms with Gasteiger partial charge < -0.3 is 10.1 Å². The lowest BCUT2D eigenvalue weighted by Crippen LogP contribution is -2.31. The van der Waals surface area contributed by atoms with Gasteiger partial charge in [-0.2, -0.15) is 5.10 Å². The van der Waals surface area contributed by atoms with Gasteiger partial charge in [-0.3, -0.25) is 9.80 Å². The normalized spacial score (nSPS) is 16.4. The summed E-state index contributed by atoms with van der Waals surface area (Å²) in [6, 6.07) is 20.2. The molecule has 26 heavy (non-hydrogen) atoms. The molecule has 1 unspecified atom stereocenters. The molecule has 0 aromatic heterocycles. The van der Waals surface area contributed by atoms with Crippen molar-refractivity contribution in [1.82, 2.24) is 5.32 Å². The van der Waals surface area contributed by atoms with Crippen LogP contribution in [0.2, 0.25) is 0 Å². The average Bonchev–Trinajstić information content (AvgIpc) is 3.15. The maximum atomic E-state index is 12.5. The van der Waals surface area contributed by atoms with Gasteiger partial charge in [0.15, 0.2) is 0 Å². The second-order valence-corrected chi connectivity index (χ2v) is 6.31. The Kier molecular flexibility index (Phi) is 6.39. The summed E-state index contributed by atoms with van der Waals surface area (Å²) in [6.07, 6.45) is 2.44. The largest absolute Gasteiger partial charge is 0.385 e. The summed E-state index contributed by atoms with van der Waals surface area (Å²) in [5.41, 5.74) is 2.72. The molecule has 2 aromatic carbocycles. The molecule has 5 heteroatoms. The Hall–Kier alpha value is -2.66. The first-order valence-corrected chi connectivity index (χ1v) is 9.03. The molecule has 0 radical (unpaired) electrons. The van der Waals surface area contributed by atoms with E-state index >= 15 is 0 Å². The highest BCUT2D eigenvalue weighted by Gasteiger charge is 2.32. The van der Waals surface area contributed by atoms with E-state index in [1.165, 1.54) is 0 Å². The summed E-state index contributed by atoms with van der Waals surface area (Å²) in [5.74, 6) is -0.0817. The van der Waals surface area contributed by atoms with Gasteiger partial charge in [-0.25, -0.2) is 0 Å². The quantitative estimate of drug-likeness (QED) is 0.740. The van der Waals surface area contributed by atoms with Crippen LogP contribution in [0.3, 0.4) is 0 Å². The van der Waals surface area contributed by atoms with Crippen molar-refractivity contribution in [1.29, 1.82) is 0 Å². The molecule has 1 heterocycles. The number of hydrogen-bond acceptors (Lipinski definition) is 4. The van der Waals surface area contributed by atoms with Crippen LogP contribution in [0.4, 0.5) is 5.69 Å². The first-order chi connectivity index (χ1) is 12.8. The number of hydrazone groups is 1. The van der Waals surface area contributed by atoms with E-state index in [-0.39, 0.29) is 11.9 Å². The highest BCUT2D eigenvalue weighted by molar-refractivity contribution is 6.39. The Balaban J connectivity index is 1.72. The number of nitrogens with one attached hydrogen (secondary N) is 1. The zero-order valence-electron chi connectivity index (χ0n) is 15.1. The Morgan fingerprint density at radius 2 is 1.81 bits per heavy atom. The molecule has 3 rings (SSSR count). The molecule has 5 nitrogen and oxygen atoms in total. The smallest absolute Gasteiger partial charge is 0.267 e. The minimum atomic E-state index is -0.0817. The van der Waals surface area contributed by atoms with Crippen LogP contribution < -0.4 is 10.3 Å². The minimum Gasteiger partial charge on any atom is -0.385 e. The van der Waals surface area contributed by atoms with Crippen LogP contribution in [-0.4, -0.2) is 31.9 Å². The second kappa shape index (κ2) is 9.15. The van der Waals surface area contributed by atoms with Crippen molar-refractivity contribution in [3.8, 4) is 0 Å². The summed E-state index contributed by atoms with van der Waals surface area (Å²) in [7, 11) is 1.69. The average molecular weight is 351 g/mol. The van der Waals surface area contributed by atoms with E-state index in [9.17, 15) is 4.79 Å². The number of rotatable bonds is 8. The molecule has 136 valence electrons. The van der Waals surface area contributed by atoms with Crippen LogP contribution in [0.1, 0.15) is 30.9 Å². The lowest BCUT2D eigenvalue weighted by Gasteiger charge is -2.23. The van der Waals surface area contributed by atoms with E-state index < -0.39 is 0 Å². The third-order valence-electron chi connectivity index (χ3n) is 4.44. The van der Waals surface area contributed by atoms with Gasteiger partial charge in [-0.15, -0.1) is 0 Å². The molecule has 2 aromatic rings. The summed E-state index contributed by atoms with van der Waals surface area (Å²) in [6.45, 7) is 1.36. The van der Waals surface area contributed by atoms with E-state index in [1.807, 2.05) is 53.5 Å². The second-order valence-electron chi connectivity index (χ2n) is 6.31. The third kappa shape index (κ3) is 4.49. The molecule has 0 fully saturated rings. The van der Waals surface area contributed by atoms with Gasteiger partial charge in [-0.05, 0) is 30.5 Å². The van der Waals surface area contributed by atoms with Crippen LogP contribution in [0, 0.1) is 0 Å². The van der Waals surface area contributed by atoms with Crippen molar-refractivity contribution < 1.29 is 9.53 Å². The molecule has 1 aliphatic heterocycles. The predicted octanol–water partition coefficient (Wildman–Crippen LogP) is 3.54. The number of ether oxygens (including phenoxy) is 1. The Labute approximate surface area is 154 Å². The highest BCUT2D eigenvalue weighted by Crippen LogP contribution is 2.34. The molecule has 1 N–H and O–H groups in total. The van der Waals surface area contributed by atoms with Gasteiger partial charge >= 0.3 is 0 Å². The minimum absolute atomic E-state index is 0.0350. The van der Waals surface area contributed by atoms with E-state index in [0.29, 0.717) is 25.3 Å². The molecule has 1 amide bonds. The van der Waals surface area contributed by atoms with Crippen LogP contribution in [-0.2, 0) is 9.53 Å². The number of unbranched alkanes of at least 4 members (excludes halogenated alkanes) is 1. The van der Waals surface area contributed by atoms with Crippen LogP contribution in [0.15, 0.2) is 65.8 Å². The fourth-order valence-electron chi connectivity index (χ4n) is 3.08. The van der Waals surface area contributed by atoms with Crippen LogP contribution in [0.5, 0.6) is 0 Å². The van der Waals surface area contributed by atoms with Crippen molar-refractivity contribution in [2.45, 2.75) is 25.3 Å². The molecular formula is C21H25N3O2. The summed E-state index contributed by atoms with van der Waals surface area (Å²) in [4.78, 5) is 12.5. The Bertz CT molecular complexity index is 731. The first-order valence-electron chi connectivity index (χ1n) is 9.03. The number of benzene rings is 2. The Morgan fingerprint density at radius 3 is 2.50 bits per heavy atom. The number of carbonyl (C=O) groups excluding carboxylic acids is 1. The SMILES string of the molecule is COCCCCNC(=O)C1=NN(c2ccccc2)C(c2ccccc2)C1. The molecule has 0 saturated heterocycles. The predicted molar refractivity (Wildman–Crippen MR) is 104 cm³/mol. The number of anilines is 1. The van der Waals surface area contributed by atoms with Gasteiger partial charge in [0.05, 0.1) is 11.7 Å². The molecule has 1 atom stereocenters. The standard InChI is InChI=1S/C21H25N3O2/c1-26-15-9-8-14-22-21(25)19-16-20(17-10-4-2-5-11-17)24(23-19)18-12-6-3-7-13-18/h2-7,10-13,20H,8-9,14-16H2,1H3,(H,22,25). The van der Waals surface area contributed by atoms with Gasteiger partial charge in [0, 0.05) is 26.7 Å². The van der Waals surface area contributed by atoms with Crippen LogP contribution in [0.25, 0.3) is 0 Å². The fourth-order valence-corrected chi connectivity index (χ4v) is 3.08. The molecule has 0 spiro atoms. The maximum absolute atomic E-state index is 12.5. The van der Waals surface area contributed by atoms with Crippen molar-refractivity contribution in [2.24, 2.45) is 5.10 Å². The highest BCUT2D eigenvalue weighted by atomic mass is 16.5. The van der Waals surface area contributed by atoms with Gasteiger partial charge in [0.2, 0.25) is 0 Å². The molecule has 0 aliphatic carbocycles. The number of para-hydroxylation sites is 1. The zero-order chi connectivity index (χ0) is 18.2. The summed E-state index contributed by atoms with van der Waals surface area (Å²) in [5, 5.41) is 9.57. The number of methoxy groups -OCH3 is 1. The van der Waals surface area contributed by atoms with E-state index in [1.54, 1.807) is 7.11 Å². The van der Waals surface area contributed by atoms with Crippen LogP contribution >= 0.6 is 0 Å². The lowest BCUT2D eigenvalue weighted by molar-refractivity contribution is -0.114. The third-order valence-corrected chi connectivity index (χ3v) is 4.44. The summed E-state index contributed by atoms with van der Waals surface area (Å²) < 4.78 is 5.03. The number of hydrogen-bond donors (Lipinski definition) is 1. The molecule has 0 bridgehead atoms. The monoisotopic (exact) mass is 351 g/mol. The van der Waals surface area contributed by atoms with Crippen molar-refractivity contribution in [3.05, 3.63) is 66.2 Å². The van der Waals surface area contributed by atoms with Crippen molar-refractivity contribution in [3.63, 3.8) is 0 Å². The Morgan fingerprint density at radius 1 is 1.12 bits per heavy atom. The van der Waals surface area contributed by atoms with E-state index in [4.69, 9.17) is 4.74 Å².